The number of rotatable bonds is 12. The van der Waals surface area contributed by atoms with E-state index in [0.29, 0.717) is 19.1 Å². The van der Waals surface area contributed by atoms with Gasteiger partial charge in [-0.1, -0.05) is 45.3 Å². The molecular formula is C18H35NO2. The van der Waals surface area contributed by atoms with E-state index in [1.807, 2.05) is 0 Å². The molecule has 0 heterocycles. The molecule has 1 aliphatic rings. The minimum absolute atomic E-state index is 0.382. The van der Waals surface area contributed by atoms with E-state index >= 15 is 0 Å². The molecular weight excluding hydrogens is 262 g/mol. The molecule has 0 aromatic heterocycles. The molecule has 3 unspecified atom stereocenters. The first-order valence-electron chi connectivity index (χ1n) is 8.87. The second kappa shape index (κ2) is 12.2. The Morgan fingerprint density at radius 1 is 1.29 bits per heavy atom. The van der Waals surface area contributed by atoms with Crippen LogP contribution in [0.3, 0.4) is 0 Å². The van der Waals surface area contributed by atoms with Gasteiger partial charge in [-0.2, -0.15) is 0 Å². The molecule has 0 aromatic carbocycles. The topological polar surface area (TPSA) is 41.5 Å². The molecule has 1 rings (SSSR count). The van der Waals surface area contributed by atoms with E-state index < -0.39 is 0 Å². The van der Waals surface area contributed by atoms with Crippen LogP contribution in [0.25, 0.3) is 0 Å². The first kappa shape index (κ1) is 18.7. The van der Waals surface area contributed by atoms with Crippen molar-refractivity contribution in [2.24, 2.45) is 11.8 Å². The van der Waals surface area contributed by atoms with E-state index in [9.17, 15) is 5.11 Å². The molecule has 0 spiro atoms. The molecule has 0 saturated carbocycles. The number of hydrogen-bond donors (Lipinski definition) is 2. The zero-order valence-electron chi connectivity index (χ0n) is 14.0. The molecule has 2 N–H and O–H groups in total. The Bertz CT molecular complexity index is 268. The third kappa shape index (κ3) is 9.28. The van der Waals surface area contributed by atoms with Crippen molar-refractivity contribution in [3.63, 3.8) is 0 Å². The normalized spacial score (nSPS) is 21.4. The highest BCUT2D eigenvalue weighted by Gasteiger charge is 2.11. The third-order valence-electron chi connectivity index (χ3n) is 4.40. The van der Waals surface area contributed by atoms with E-state index in [1.165, 1.54) is 44.9 Å². The molecule has 0 aromatic rings. The van der Waals surface area contributed by atoms with Crippen molar-refractivity contribution in [3.8, 4) is 0 Å². The Hall–Kier alpha value is -0.380. The number of nitrogens with one attached hydrogen (secondary N) is 1. The predicted octanol–water partition coefficient (Wildman–Crippen LogP) is 3.53. The number of allylic oxidation sites excluding steroid dienone is 2. The van der Waals surface area contributed by atoms with Gasteiger partial charge in [-0.25, -0.2) is 0 Å². The minimum Gasteiger partial charge on any atom is -0.389 e. The van der Waals surface area contributed by atoms with Gasteiger partial charge in [0.15, 0.2) is 0 Å². The van der Waals surface area contributed by atoms with Gasteiger partial charge in [0.1, 0.15) is 0 Å². The number of unbranched alkanes of at least 4 members (excludes halogenated alkanes) is 1. The van der Waals surface area contributed by atoms with E-state index in [2.05, 4.69) is 31.3 Å². The SMILES string of the molecule is CCCCC(CC)COCC(O)CNCC1CC=CCC1. The quantitative estimate of drug-likeness (QED) is 0.542. The highest BCUT2D eigenvalue weighted by molar-refractivity contribution is 4.90. The summed E-state index contributed by atoms with van der Waals surface area (Å²) in [6.07, 6.45) is 12.8. The first-order valence-corrected chi connectivity index (χ1v) is 8.87. The highest BCUT2D eigenvalue weighted by atomic mass is 16.5. The van der Waals surface area contributed by atoms with Crippen molar-refractivity contribution in [2.45, 2.75) is 64.9 Å². The Kier molecular flexibility index (Phi) is 10.8. The van der Waals surface area contributed by atoms with Crippen LogP contribution in [0.15, 0.2) is 12.2 Å². The highest BCUT2D eigenvalue weighted by Crippen LogP contribution is 2.16. The van der Waals surface area contributed by atoms with Gasteiger partial charge in [0.05, 0.1) is 12.7 Å². The summed E-state index contributed by atoms with van der Waals surface area (Å²) >= 11 is 0. The second-order valence-corrected chi connectivity index (χ2v) is 6.42. The molecule has 0 aliphatic heterocycles. The molecule has 124 valence electrons. The lowest BCUT2D eigenvalue weighted by molar-refractivity contribution is 0.0190. The van der Waals surface area contributed by atoms with Gasteiger partial charge in [-0.3, -0.25) is 0 Å². The molecule has 0 radical (unpaired) electrons. The number of hydrogen-bond acceptors (Lipinski definition) is 3. The molecule has 0 saturated heterocycles. The van der Waals surface area contributed by atoms with Crippen molar-refractivity contribution in [2.75, 3.05) is 26.3 Å². The summed E-state index contributed by atoms with van der Waals surface area (Å²) in [5, 5.41) is 13.3. The van der Waals surface area contributed by atoms with Crippen LogP contribution in [0, 0.1) is 11.8 Å². The molecule has 1 aliphatic carbocycles. The van der Waals surface area contributed by atoms with Crippen LogP contribution in [0.5, 0.6) is 0 Å². The number of ether oxygens (including phenoxy) is 1. The summed E-state index contributed by atoms with van der Waals surface area (Å²) < 4.78 is 5.69. The van der Waals surface area contributed by atoms with Gasteiger partial charge in [0.2, 0.25) is 0 Å². The molecule has 3 heteroatoms. The maximum atomic E-state index is 9.94. The number of aliphatic hydroxyl groups excluding tert-OH is 1. The smallest absolute Gasteiger partial charge is 0.0897 e. The van der Waals surface area contributed by atoms with Gasteiger partial charge < -0.3 is 15.2 Å². The summed E-state index contributed by atoms with van der Waals surface area (Å²) in [6, 6.07) is 0. The van der Waals surface area contributed by atoms with Gasteiger partial charge in [-0.15, -0.1) is 0 Å². The van der Waals surface area contributed by atoms with Crippen LogP contribution in [0.2, 0.25) is 0 Å². The summed E-state index contributed by atoms with van der Waals surface area (Å²) in [6.45, 7) is 7.36. The van der Waals surface area contributed by atoms with Gasteiger partial charge in [0.25, 0.3) is 0 Å². The van der Waals surface area contributed by atoms with Crippen LogP contribution in [-0.2, 0) is 4.74 Å². The van der Waals surface area contributed by atoms with Crippen molar-refractivity contribution in [1.29, 1.82) is 0 Å². The van der Waals surface area contributed by atoms with Crippen molar-refractivity contribution in [1.82, 2.24) is 5.32 Å². The molecule has 0 amide bonds. The van der Waals surface area contributed by atoms with E-state index in [0.717, 1.165) is 19.1 Å². The summed E-state index contributed by atoms with van der Waals surface area (Å²) in [7, 11) is 0. The molecule has 21 heavy (non-hydrogen) atoms. The standard InChI is InChI=1S/C18H35NO2/c1-3-5-9-16(4-2)14-21-15-18(20)13-19-12-17-10-7-6-8-11-17/h6-7,16-20H,3-5,8-15H2,1-2H3. The fourth-order valence-electron chi connectivity index (χ4n) is 2.82. The Morgan fingerprint density at radius 2 is 2.14 bits per heavy atom. The van der Waals surface area contributed by atoms with Gasteiger partial charge in [0, 0.05) is 13.2 Å². The molecule has 0 fully saturated rings. The van der Waals surface area contributed by atoms with Crippen molar-refractivity contribution >= 4 is 0 Å². The Labute approximate surface area is 131 Å². The van der Waals surface area contributed by atoms with Crippen molar-refractivity contribution in [3.05, 3.63) is 12.2 Å². The van der Waals surface area contributed by atoms with E-state index in [1.54, 1.807) is 0 Å². The fraction of sp³-hybridized carbons (Fsp3) is 0.889. The van der Waals surface area contributed by atoms with Crippen molar-refractivity contribution < 1.29 is 9.84 Å². The minimum atomic E-state index is -0.382. The summed E-state index contributed by atoms with van der Waals surface area (Å²) in [5.41, 5.74) is 0. The predicted molar refractivity (Wildman–Crippen MR) is 89.5 cm³/mol. The van der Waals surface area contributed by atoms with E-state index in [-0.39, 0.29) is 6.10 Å². The van der Waals surface area contributed by atoms with Gasteiger partial charge >= 0.3 is 0 Å². The maximum Gasteiger partial charge on any atom is 0.0897 e. The summed E-state index contributed by atoms with van der Waals surface area (Å²) in [5.74, 6) is 1.39. The third-order valence-corrected chi connectivity index (χ3v) is 4.40. The monoisotopic (exact) mass is 297 g/mol. The molecule has 3 atom stereocenters. The maximum absolute atomic E-state index is 9.94. The van der Waals surface area contributed by atoms with Gasteiger partial charge in [-0.05, 0) is 44.1 Å². The average Bonchev–Trinajstić information content (AvgIpc) is 2.51. The lowest BCUT2D eigenvalue weighted by Gasteiger charge is -2.20. The average molecular weight is 297 g/mol. The van der Waals surface area contributed by atoms with Crippen LogP contribution < -0.4 is 5.32 Å². The zero-order chi connectivity index (χ0) is 15.3. The Balaban J connectivity index is 1.99. The lowest BCUT2D eigenvalue weighted by Crippen LogP contribution is -2.34. The molecule has 0 bridgehead atoms. The molecule has 3 nitrogen and oxygen atoms in total. The Morgan fingerprint density at radius 3 is 2.81 bits per heavy atom. The number of aliphatic hydroxyl groups is 1. The van der Waals surface area contributed by atoms with Crippen LogP contribution in [0.4, 0.5) is 0 Å². The lowest BCUT2D eigenvalue weighted by atomic mass is 9.94. The van der Waals surface area contributed by atoms with E-state index in [4.69, 9.17) is 4.74 Å². The largest absolute Gasteiger partial charge is 0.389 e. The first-order chi connectivity index (χ1) is 10.3. The fourth-order valence-corrected chi connectivity index (χ4v) is 2.82. The summed E-state index contributed by atoms with van der Waals surface area (Å²) in [4.78, 5) is 0. The van der Waals surface area contributed by atoms with Crippen LogP contribution in [0.1, 0.15) is 58.8 Å². The van der Waals surface area contributed by atoms with Crippen LogP contribution >= 0.6 is 0 Å². The van der Waals surface area contributed by atoms with Crippen LogP contribution in [-0.4, -0.2) is 37.5 Å². The zero-order valence-corrected chi connectivity index (χ0v) is 14.0. The second-order valence-electron chi connectivity index (χ2n) is 6.42.